The average molecular weight is 317 g/mol. The van der Waals surface area contributed by atoms with E-state index >= 15 is 0 Å². The van der Waals surface area contributed by atoms with Crippen molar-refractivity contribution in [3.05, 3.63) is 11.9 Å². The van der Waals surface area contributed by atoms with E-state index in [4.69, 9.17) is 15.4 Å². The minimum atomic E-state index is -3.98. The summed E-state index contributed by atoms with van der Waals surface area (Å²) in [5.41, 5.74) is 0.0379. The number of aromatic nitrogens is 2. The topological polar surface area (TPSA) is 61.2 Å². The first-order chi connectivity index (χ1) is 8.75. The lowest BCUT2D eigenvalue weighted by Gasteiger charge is -2.07. The molecule has 0 amide bonds. The standard InChI is InChI=1S/C10H15ClF2N2O3S/c1-3-7(2)15-4-9(19(11,16)17)8(14-15)5-18-6-10(12)13/h4,7,10H,3,5-6H2,1-2H3/t7-/m1/s1. The zero-order valence-electron chi connectivity index (χ0n) is 10.5. The maximum atomic E-state index is 12.0. The summed E-state index contributed by atoms with van der Waals surface area (Å²) in [5.74, 6) is 0. The van der Waals surface area contributed by atoms with Gasteiger partial charge < -0.3 is 4.74 Å². The predicted molar refractivity (Wildman–Crippen MR) is 65.9 cm³/mol. The summed E-state index contributed by atoms with van der Waals surface area (Å²) in [6.45, 7) is 2.66. The molecule has 0 aliphatic heterocycles. The molecule has 1 atom stereocenters. The number of halogens is 3. The zero-order valence-corrected chi connectivity index (χ0v) is 12.1. The lowest BCUT2D eigenvalue weighted by molar-refractivity contribution is 0.00800. The Bertz CT molecular complexity index is 519. The maximum Gasteiger partial charge on any atom is 0.264 e. The zero-order chi connectivity index (χ0) is 14.6. The molecule has 0 unspecified atom stereocenters. The van der Waals surface area contributed by atoms with Crippen molar-refractivity contribution in [3.63, 3.8) is 0 Å². The molecule has 0 N–H and O–H groups in total. The Morgan fingerprint density at radius 3 is 2.63 bits per heavy atom. The van der Waals surface area contributed by atoms with Gasteiger partial charge in [-0.2, -0.15) is 5.10 Å². The van der Waals surface area contributed by atoms with Crippen molar-refractivity contribution in [1.29, 1.82) is 0 Å². The Morgan fingerprint density at radius 2 is 2.16 bits per heavy atom. The molecule has 19 heavy (non-hydrogen) atoms. The summed E-state index contributed by atoms with van der Waals surface area (Å²) in [7, 11) is 1.30. The molecule has 110 valence electrons. The van der Waals surface area contributed by atoms with E-state index in [0.29, 0.717) is 0 Å². The van der Waals surface area contributed by atoms with E-state index < -0.39 is 22.1 Å². The van der Waals surface area contributed by atoms with Crippen LogP contribution in [0.3, 0.4) is 0 Å². The number of alkyl halides is 2. The first-order valence-corrected chi connectivity index (χ1v) is 7.95. The van der Waals surface area contributed by atoms with Gasteiger partial charge in [0.25, 0.3) is 15.5 Å². The van der Waals surface area contributed by atoms with Crippen LogP contribution in [0, 0.1) is 0 Å². The van der Waals surface area contributed by atoms with Gasteiger partial charge in [-0.1, -0.05) is 6.92 Å². The molecule has 0 fully saturated rings. The third-order valence-corrected chi connectivity index (χ3v) is 3.92. The summed E-state index contributed by atoms with van der Waals surface area (Å²) in [6.07, 6.45) is -0.592. The smallest absolute Gasteiger partial charge is 0.264 e. The third kappa shape index (κ3) is 4.70. The number of rotatable bonds is 7. The number of ether oxygens (including phenoxy) is 1. The highest BCUT2D eigenvalue weighted by molar-refractivity contribution is 8.13. The highest BCUT2D eigenvalue weighted by Gasteiger charge is 2.22. The van der Waals surface area contributed by atoms with Crippen LogP contribution in [0.1, 0.15) is 32.0 Å². The van der Waals surface area contributed by atoms with Gasteiger partial charge in [0, 0.05) is 22.9 Å². The molecule has 0 saturated heterocycles. The Hall–Kier alpha value is -0.730. The summed E-state index contributed by atoms with van der Waals surface area (Å²) >= 11 is 0. The lowest BCUT2D eigenvalue weighted by Crippen LogP contribution is -2.07. The van der Waals surface area contributed by atoms with Crippen LogP contribution < -0.4 is 0 Å². The molecule has 0 aromatic carbocycles. The van der Waals surface area contributed by atoms with Gasteiger partial charge in [0.2, 0.25) is 0 Å². The highest BCUT2D eigenvalue weighted by atomic mass is 35.7. The van der Waals surface area contributed by atoms with Crippen LogP contribution in [-0.4, -0.2) is 31.2 Å². The molecule has 1 aromatic heterocycles. The molecule has 0 aliphatic rings. The van der Waals surface area contributed by atoms with Crippen LogP contribution in [0.2, 0.25) is 0 Å². The molecular weight excluding hydrogens is 302 g/mol. The van der Waals surface area contributed by atoms with Crippen molar-refractivity contribution in [2.24, 2.45) is 0 Å². The fourth-order valence-electron chi connectivity index (χ4n) is 1.37. The second kappa shape index (κ2) is 6.62. The molecule has 0 aliphatic carbocycles. The van der Waals surface area contributed by atoms with Crippen molar-refractivity contribution in [1.82, 2.24) is 9.78 Å². The van der Waals surface area contributed by atoms with Crippen molar-refractivity contribution >= 4 is 19.7 Å². The van der Waals surface area contributed by atoms with Crippen molar-refractivity contribution in [2.75, 3.05) is 6.61 Å². The molecule has 0 bridgehead atoms. The van der Waals surface area contributed by atoms with E-state index in [1.54, 1.807) is 0 Å². The van der Waals surface area contributed by atoms with E-state index in [0.717, 1.165) is 6.42 Å². The van der Waals surface area contributed by atoms with Crippen molar-refractivity contribution in [2.45, 2.75) is 44.2 Å². The van der Waals surface area contributed by atoms with Crippen molar-refractivity contribution in [3.8, 4) is 0 Å². The van der Waals surface area contributed by atoms with E-state index in [2.05, 4.69) is 5.10 Å². The van der Waals surface area contributed by atoms with Gasteiger partial charge in [-0.15, -0.1) is 0 Å². The SMILES string of the molecule is CC[C@@H](C)n1cc(S(=O)(=O)Cl)c(COCC(F)F)n1. The number of nitrogens with zero attached hydrogens (tertiary/aromatic N) is 2. The summed E-state index contributed by atoms with van der Waals surface area (Å²) < 4.78 is 52.8. The molecule has 1 aromatic rings. The largest absolute Gasteiger partial charge is 0.369 e. The van der Waals surface area contributed by atoms with Gasteiger partial charge in [0.1, 0.15) is 17.2 Å². The minimum Gasteiger partial charge on any atom is -0.369 e. The normalized spacial score (nSPS) is 14.0. The van der Waals surface area contributed by atoms with Crippen LogP contribution >= 0.6 is 10.7 Å². The first-order valence-electron chi connectivity index (χ1n) is 5.64. The molecule has 1 rings (SSSR count). The first kappa shape index (κ1) is 16.3. The summed E-state index contributed by atoms with van der Waals surface area (Å²) in [6, 6.07) is -0.0268. The van der Waals surface area contributed by atoms with Gasteiger partial charge in [-0.3, -0.25) is 4.68 Å². The van der Waals surface area contributed by atoms with Crippen LogP contribution in [0.25, 0.3) is 0 Å². The van der Waals surface area contributed by atoms with Gasteiger partial charge in [-0.05, 0) is 13.3 Å². The van der Waals surface area contributed by atoms with E-state index in [1.807, 2.05) is 13.8 Å². The van der Waals surface area contributed by atoms with Crippen molar-refractivity contribution < 1.29 is 21.9 Å². The Balaban J connectivity index is 2.97. The van der Waals surface area contributed by atoms with Crippen LogP contribution in [0.5, 0.6) is 0 Å². The van der Waals surface area contributed by atoms with E-state index in [-0.39, 0.29) is 23.2 Å². The second-order valence-electron chi connectivity index (χ2n) is 4.02. The van der Waals surface area contributed by atoms with Crippen LogP contribution in [-0.2, 0) is 20.4 Å². The summed E-state index contributed by atoms with van der Waals surface area (Å²) in [4.78, 5) is -0.205. The van der Waals surface area contributed by atoms with E-state index in [9.17, 15) is 17.2 Å². The van der Waals surface area contributed by atoms with Gasteiger partial charge in [0.05, 0.1) is 6.61 Å². The highest BCUT2D eigenvalue weighted by Crippen LogP contribution is 2.22. The minimum absolute atomic E-state index is 0.0268. The third-order valence-electron chi connectivity index (χ3n) is 2.56. The molecule has 0 saturated carbocycles. The molecular formula is C10H15ClF2N2O3S. The Kier molecular flexibility index (Phi) is 5.69. The predicted octanol–water partition coefficient (Wildman–Crippen LogP) is 2.56. The molecule has 5 nitrogen and oxygen atoms in total. The Morgan fingerprint density at radius 1 is 1.53 bits per heavy atom. The molecule has 1 heterocycles. The number of hydrogen-bond acceptors (Lipinski definition) is 4. The van der Waals surface area contributed by atoms with Gasteiger partial charge >= 0.3 is 0 Å². The van der Waals surface area contributed by atoms with Gasteiger partial charge in [0.15, 0.2) is 0 Å². The molecule has 0 spiro atoms. The fourth-order valence-corrected chi connectivity index (χ4v) is 2.38. The monoisotopic (exact) mass is 316 g/mol. The van der Waals surface area contributed by atoms with Crippen LogP contribution in [0.15, 0.2) is 11.1 Å². The lowest BCUT2D eigenvalue weighted by atomic mass is 10.3. The second-order valence-corrected chi connectivity index (χ2v) is 6.56. The number of hydrogen-bond donors (Lipinski definition) is 0. The Labute approximate surface area is 114 Å². The molecule has 0 radical (unpaired) electrons. The summed E-state index contributed by atoms with van der Waals surface area (Å²) in [5, 5.41) is 4.03. The quantitative estimate of drug-likeness (QED) is 0.725. The maximum absolute atomic E-state index is 12.0. The van der Waals surface area contributed by atoms with E-state index in [1.165, 1.54) is 10.9 Å². The fraction of sp³-hybridized carbons (Fsp3) is 0.700. The van der Waals surface area contributed by atoms with Crippen LogP contribution in [0.4, 0.5) is 8.78 Å². The molecule has 9 heteroatoms. The van der Waals surface area contributed by atoms with Gasteiger partial charge in [-0.25, -0.2) is 17.2 Å². The average Bonchev–Trinajstić information content (AvgIpc) is 2.71.